The number of nitrogens with zero attached hydrogens (tertiary/aromatic N) is 4. The summed E-state index contributed by atoms with van der Waals surface area (Å²) >= 11 is 0. The molecule has 4 aromatic carbocycles. The van der Waals surface area contributed by atoms with Crippen molar-refractivity contribution in [1.29, 1.82) is 0 Å². The third-order valence-electron chi connectivity index (χ3n) is 10.8. The number of methoxy groups -OCH3 is 3. The van der Waals surface area contributed by atoms with Gasteiger partial charge in [-0.2, -0.15) is 0 Å². The topological polar surface area (TPSA) is 133 Å². The van der Waals surface area contributed by atoms with E-state index >= 15 is 0 Å². The van der Waals surface area contributed by atoms with Crippen LogP contribution in [0, 0.1) is 0 Å². The van der Waals surface area contributed by atoms with Gasteiger partial charge in [-0.05, 0) is 78.7 Å². The number of rotatable bonds is 16. The number of aliphatic imine (C=N–C) groups is 2. The van der Waals surface area contributed by atoms with Crippen LogP contribution in [-0.4, -0.2) is 101 Å². The minimum absolute atomic E-state index is 0.156. The third kappa shape index (κ3) is 8.24. The summed E-state index contributed by atoms with van der Waals surface area (Å²) in [4.78, 5) is 40.6. The Morgan fingerprint density at radius 3 is 1.53 bits per heavy atom. The van der Waals surface area contributed by atoms with Crippen LogP contribution in [0.2, 0.25) is 0 Å². The van der Waals surface area contributed by atoms with Crippen molar-refractivity contribution < 1.29 is 38.0 Å². The van der Waals surface area contributed by atoms with Crippen molar-refractivity contribution >= 4 is 46.8 Å². The molecule has 0 saturated heterocycles. The van der Waals surface area contributed by atoms with Crippen LogP contribution < -0.4 is 33.7 Å². The summed E-state index contributed by atoms with van der Waals surface area (Å²) in [6.45, 7) is 2.15. The predicted octanol–water partition coefficient (Wildman–Crippen LogP) is 7.49. The lowest BCUT2D eigenvalue weighted by Crippen LogP contribution is -2.32. The van der Waals surface area contributed by atoms with Gasteiger partial charge in [-0.15, -0.1) is 0 Å². The van der Waals surface area contributed by atoms with Gasteiger partial charge < -0.3 is 43.5 Å². The third-order valence-corrected chi connectivity index (χ3v) is 10.8. The lowest BCUT2D eigenvalue weighted by molar-refractivity contribution is 0.0809. The largest absolute Gasteiger partial charge is 0.497 e. The summed E-state index contributed by atoms with van der Waals surface area (Å²) in [6.07, 6.45) is 10.2. The number of benzene rings is 4. The fourth-order valence-electron chi connectivity index (χ4n) is 7.57. The first-order chi connectivity index (χ1) is 28.9. The van der Waals surface area contributed by atoms with Crippen LogP contribution >= 0.6 is 0 Å². The molecule has 4 aromatic rings. The zero-order valence-corrected chi connectivity index (χ0v) is 33.6. The highest BCUT2D eigenvalue weighted by Gasteiger charge is 2.35. The van der Waals surface area contributed by atoms with Crippen molar-refractivity contribution in [3.63, 3.8) is 0 Å². The summed E-state index contributed by atoms with van der Waals surface area (Å²) in [7, 11) is 6.65. The van der Waals surface area contributed by atoms with E-state index in [0.29, 0.717) is 84.6 Å². The van der Waals surface area contributed by atoms with Gasteiger partial charge in [0.1, 0.15) is 11.5 Å². The smallest absolute Gasteiger partial charge is 0.260 e. The molecule has 4 aliphatic heterocycles. The van der Waals surface area contributed by atoms with Crippen molar-refractivity contribution in [3.8, 4) is 34.5 Å². The zero-order chi connectivity index (χ0) is 40.9. The predicted molar refractivity (Wildman–Crippen MR) is 226 cm³/mol. The number of nitrogens with one attached hydrogen (secondary N) is 1. The van der Waals surface area contributed by atoms with Crippen molar-refractivity contribution in [1.82, 2.24) is 15.1 Å². The van der Waals surface area contributed by atoms with E-state index in [2.05, 4.69) is 5.32 Å². The minimum atomic E-state index is -0.212. The monoisotopic (exact) mass is 797 g/mol. The first-order valence-electron chi connectivity index (χ1n) is 19.7. The van der Waals surface area contributed by atoms with Crippen LogP contribution in [0.15, 0.2) is 95.2 Å². The fourth-order valence-corrected chi connectivity index (χ4v) is 7.57. The molecular weight excluding hydrogens is 751 g/mol. The molecule has 0 spiro atoms. The molecule has 59 heavy (non-hydrogen) atoms. The van der Waals surface area contributed by atoms with E-state index in [9.17, 15) is 9.59 Å². The molecule has 8 rings (SSSR count). The summed E-state index contributed by atoms with van der Waals surface area (Å²) in [5.41, 5.74) is 6.07. The van der Waals surface area contributed by atoms with Crippen LogP contribution in [0.5, 0.6) is 34.5 Å². The SMILES string of the molecule is CNCCCOc1ccc(C2=CN3C(=O)c4cc(OC)c(OCCCOc5cc6c(cc5OC)C(=O)N5C=C(c7ccc(OC)cc7)C[C@H]5C=N6)cc4N=C[C@@H]3C2)cc1. The lowest BCUT2D eigenvalue weighted by atomic mass is 10.0. The number of fused-ring (bicyclic) bond motifs is 4. The number of carbonyl (C=O) groups is 2. The summed E-state index contributed by atoms with van der Waals surface area (Å²) < 4.78 is 34.7. The molecule has 2 amide bonds. The molecule has 0 aromatic heterocycles. The molecule has 0 unspecified atom stereocenters. The molecule has 13 heteroatoms. The van der Waals surface area contributed by atoms with Crippen LogP contribution in [0.4, 0.5) is 11.4 Å². The maximum Gasteiger partial charge on any atom is 0.260 e. The molecule has 13 nitrogen and oxygen atoms in total. The number of hydrogen-bond donors (Lipinski definition) is 1. The van der Waals surface area contributed by atoms with Gasteiger partial charge in [0.05, 0.1) is 75.7 Å². The lowest BCUT2D eigenvalue weighted by Gasteiger charge is -2.19. The Kier molecular flexibility index (Phi) is 11.6. The van der Waals surface area contributed by atoms with Gasteiger partial charge in [0.2, 0.25) is 0 Å². The Balaban J connectivity index is 0.881. The molecule has 1 N–H and O–H groups in total. The van der Waals surface area contributed by atoms with Crippen LogP contribution in [0.25, 0.3) is 11.1 Å². The second-order valence-electron chi connectivity index (χ2n) is 14.5. The van der Waals surface area contributed by atoms with Gasteiger partial charge in [-0.25, -0.2) is 0 Å². The van der Waals surface area contributed by atoms with Gasteiger partial charge in [0.15, 0.2) is 23.0 Å². The van der Waals surface area contributed by atoms with Crippen molar-refractivity contribution in [2.75, 3.05) is 54.7 Å². The average Bonchev–Trinajstić information content (AvgIpc) is 3.85. The van der Waals surface area contributed by atoms with E-state index in [0.717, 1.165) is 46.7 Å². The van der Waals surface area contributed by atoms with Gasteiger partial charge >= 0.3 is 0 Å². The number of ether oxygens (including phenoxy) is 6. The first-order valence-corrected chi connectivity index (χ1v) is 19.7. The molecule has 0 aliphatic carbocycles. The van der Waals surface area contributed by atoms with Gasteiger partial charge in [0.25, 0.3) is 11.8 Å². The molecular formula is C46H47N5O8. The van der Waals surface area contributed by atoms with Crippen LogP contribution in [0.3, 0.4) is 0 Å². The summed E-state index contributed by atoms with van der Waals surface area (Å²) in [5, 5.41) is 3.12. The Labute approximate surface area is 343 Å². The normalized spacial score (nSPS) is 17.6. The molecule has 0 fully saturated rings. The number of amides is 2. The highest BCUT2D eigenvalue weighted by Crippen LogP contribution is 2.42. The molecule has 0 bridgehead atoms. The second-order valence-corrected chi connectivity index (χ2v) is 14.5. The molecule has 4 aliphatic rings. The highest BCUT2D eigenvalue weighted by molar-refractivity contribution is 6.06. The van der Waals surface area contributed by atoms with Crippen molar-refractivity contribution in [2.45, 2.75) is 37.8 Å². The molecule has 4 heterocycles. The number of hydrogen-bond acceptors (Lipinski definition) is 11. The highest BCUT2D eigenvalue weighted by atomic mass is 16.5. The van der Waals surface area contributed by atoms with Crippen LogP contribution in [-0.2, 0) is 0 Å². The van der Waals surface area contributed by atoms with Crippen molar-refractivity contribution in [3.05, 3.63) is 107 Å². The maximum absolute atomic E-state index is 13.9. The van der Waals surface area contributed by atoms with E-state index in [1.807, 2.05) is 80.4 Å². The van der Waals surface area contributed by atoms with Gasteiger partial charge in [0, 0.05) is 56.2 Å². The fraction of sp³-hybridized carbons (Fsp3) is 0.304. The molecule has 0 radical (unpaired) electrons. The first kappa shape index (κ1) is 39.2. The van der Waals surface area contributed by atoms with Gasteiger partial charge in [-0.3, -0.25) is 19.6 Å². The van der Waals surface area contributed by atoms with E-state index in [-0.39, 0.29) is 23.9 Å². The Morgan fingerprint density at radius 2 is 1.07 bits per heavy atom. The van der Waals surface area contributed by atoms with E-state index in [1.165, 1.54) is 0 Å². The molecule has 304 valence electrons. The Hall–Kier alpha value is -6.60. The maximum atomic E-state index is 13.9. The summed E-state index contributed by atoms with van der Waals surface area (Å²) in [5.74, 6) is 3.10. The standard InChI is InChI=1S/C46H47N5O8/c1-47-15-5-16-57-36-13-9-30(10-14-36)32-20-34-26-49-40-24-44(42(56-4)22-38(40)46(53)51(34)28-32)59-18-6-17-58-43-23-39-37(21-41(43)55-3)45(52)50-27-31(19-33(50)25-48-39)29-7-11-35(54-2)12-8-29/h7-14,21-28,33-34,47H,5-6,15-20H2,1-4H3/t33-,34-/m0/s1. The quantitative estimate of drug-likeness (QED) is 0.115. The van der Waals surface area contributed by atoms with E-state index in [1.54, 1.807) is 55.4 Å². The Bertz CT molecular complexity index is 2340. The number of carbonyl (C=O) groups excluding carboxylic acids is 2. The van der Waals surface area contributed by atoms with E-state index < -0.39 is 0 Å². The summed E-state index contributed by atoms with van der Waals surface area (Å²) in [6, 6.07) is 22.2. The van der Waals surface area contributed by atoms with Crippen LogP contribution in [0.1, 0.15) is 57.5 Å². The average molecular weight is 798 g/mol. The molecule has 2 atom stereocenters. The van der Waals surface area contributed by atoms with E-state index in [4.69, 9.17) is 38.4 Å². The second kappa shape index (κ2) is 17.5. The van der Waals surface area contributed by atoms with Crippen molar-refractivity contribution in [2.24, 2.45) is 9.98 Å². The van der Waals surface area contributed by atoms with Gasteiger partial charge in [-0.1, -0.05) is 24.3 Å². The minimum Gasteiger partial charge on any atom is -0.497 e. The zero-order valence-electron chi connectivity index (χ0n) is 33.6. The Morgan fingerprint density at radius 1 is 0.593 bits per heavy atom. The molecule has 0 saturated carbocycles.